The van der Waals surface area contributed by atoms with Crippen LogP contribution in [0.1, 0.15) is 37.3 Å². The molecule has 0 atom stereocenters. The number of hydrogen-bond donors (Lipinski definition) is 2. The summed E-state index contributed by atoms with van der Waals surface area (Å²) < 4.78 is 5.35. The second-order valence-corrected chi connectivity index (χ2v) is 6.84. The van der Waals surface area contributed by atoms with Crippen LogP contribution in [0.3, 0.4) is 0 Å². The van der Waals surface area contributed by atoms with Crippen molar-refractivity contribution in [2.24, 2.45) is 10.9 Å². The number of rotatable bonds is 6. The molecule has 152 valence electrons. The average molecular weight is 488 g/mol. The summed E-state index contributed by atoms with van der Waals surface area (Å²) in [6.07, 6.45) is 2.67. The Morgan fingerprint density at radius 1 is 1.30 bits per heavy atom. The molecule has 1 heterocycles. The highest BCUT2D eigenvalue weighted by atomic mass is 127. The average Bonchev–Trinajstić information content (AvgIpc) is 2.65. The lowest BCUT2D eigenvalue weighted by atomic mass is 9.93. The summed E-state index contributed by atoms with van der Waals surface area (Å²) in [5.41, 5.74) is 2.32. The van der Waals surface area contributed by atoms with Crippen LogP contribution in [0.4, 0.5) is 0 Å². The van der Waals surface area contributed by atoms with Crippen LogP contribution in [-0.2, 0) is 11.3 Å². The minimum atomic E-state index is 0. The van der Waals surface area contributed by atoms with E-state index in [9.17, 15) is 4.79 Å². The van der Waals surface area contributed by atoms with Gasteiger partial charge in [0, 0.05) is 33.1 Å². The lowest BCUT2D eigenvalue weighted by Crippen LogP contribution is -2.46. The maximum Gasteiger partial charge on any atom is 0.220 e. The quantitative estimate of drug-likeness (QED) is 0.367. The summed E-state index contributed by atoms with van der Waals surface area (Å²) in [4.78, 5) is 18.7. The van der Waals surface area contributed by atoms with Crippen LogP contribution < -0.4 is 15.4 Å². The summed E-state index contributed by atoms with van der Waals surface area (Å²) in [7, 11) is 3.39. The highest BCUT2D eigenvalue weighted by Crippen LogP contribution is 2.21. The van der Waals surface area contributed by atoms with E-state index in [-0.39, 0.29) is 29.9 Å². The predicted octanol–water partition coefficient (Wildman–Crippen LogP) is 2.94. The standard InChI is InChI=1S/C20H32N4O2.HI/c1-5-22-20(23-14-17-10-15(2)11-18(12-17)26-4)24-8-6-16(7-9-24)13-19(25)21-3;/h10-12,16H,5-9,13-14H2,1-4H3,(H,21,25)(H,22,23);1H. The minimum absolute atomic E-state index is 0. The van der Waals surface area contributed by atoms with E-state index in [0.717, 1.165) is 49.7 Å². The van der Waals surface area contributed by atoms with Crippen LogP contribution in [0.15, 0.2) is 23.2 Å². The number of piperidine rings is 1. The SMILES string of the molecule is CCNC(=NCc1cc(C)cc(OC)c1)N1CCC(CC(=O)NC)CC1.I. The number of methoxy groups -OCH3 is 1. The van der Waals surface area contributed by atoms with Crippen LogP contribution >= 0.6 is 24.0 Å². The molecule has 1 saturated heterocycles. The van der Waals surface area contributed by atoms with Gasteiger partial charge in [0.1, 0.15) is 5.75 Å². The number of carbonyl (C=O) groups is 1. The molecule has 0 aliphatic carbocycles. The molecular formula is C20H33IN4O2. The summed E-state index contributed by atoms with van der Waals surface area (Å²) in [5, 5.41) is 6.12. The predicted molar refractivity (Wildman–Crippen MR) is 121 cm³/mol. The third kappa shape index (κ3) is 7.56. The lowest BCUT2D eigenvalue weighted by molar-refractivity contribution is -0.121. The Balaban J connectivity index is 0.00000364. The molecule has 1 amide bonds. The molecule has 1 aliphatic rings. The number of amides is 1. The third-order valence-corrected chi connectivity index (χ3v) is 4.76. The highest BCUT2D eigenvalue weighted by Gasteiger charge is 2.23. The lowest BCUT2D eigenvalue weighted by Gasteiger charge is -2.34. The molecule has 0 unspecified atom stereocenters. The second-order valence-electron chi connectivity index (χ2n) is 6.84. The number of hydrogen-bond acceptors (Lipinski definition) is 3. The van der Waals surface area contributed by atoms with Crippen LogP contribution in [0, 0.1) is 12.8 Å². The van der Waals surface area contributed by atoms with E-state index in [4.69, 9.17) is 9.73 Å². The summed E-state index contributed by atoms with van der Waals surface area (Å²) in [6, 6.07) is 6.20. The molecule has 0 saturated carbocycles. The molecule has 2 rings (SSSR count). The van der Waals surface area contributed by atoms with E-state index in [1.54, 1.807) is 14.2 Å². The Bertz CT molecular complexity index is 628. The fourth-order valence-corrected chi connectivity index (χ4v) is 3.34. The van der Waals surface area contributed by atoms with Crippen molar-refractivity contribution in [1.82, 2.24) is 15.5 Å². The van der Waals surface area contributed by atoms with Crippen molar-refractivity contribution in [2.45, 2.75) is 39.7 Å². The molecule has 0 aromatic heterocycles. The molecule has 0 radical (unpaired) electrons. The number of nitrogens with zero attached hydrogens (tertiary/aromatic N) is 2. The first-order chi connectivity index (χ1) is 12.5. The van der Waals surface area contributed by atoms with Gasteiger partial charge in [0.05, 0.1) is 13.7 Å². The molecule has 1 aliphatic heterocycles. The van der Waals surface area contributed by atoms with E-state index in [1.807, 2.05) is 12.1 Å². The number of benzene rings is 1. The topological polar surface area (TPSA) is 66.0 Å². The zero-order valence-electron chi connectivity index (χ0n) is 16.9. The molecule has 0 bridgehead atoms. The van der Waals surface area contributed by atoms with Gasteiger partial charge in [-0.15, -0.1) is 24.0 Å². The van der Waals surface area contributed by atoms with Crippen molar-refractivity contribution in [3.8, 4) is 5.75 Å². The molecule has 7 heteroatoms. The normalized spacial score (nSPS) is 15.1. The van der Waals surface area contributed by atoms with Gasteiger partial charge in [0.25, 0.3) is 0 Å². The molecule has 2 N–H and O–H groups in total. The number of likely N-dealkylation sites (tertiary alicyclic amines) is 1. The van der Waals surface area contributed by atoms with Gasteiger partial charge in [-0.05, 0) is 55.9 Å². The number of aryl methyl sites for hydroxylation is 1. The first-order valence-corrected chi connectivity index (χ1v) is 9.44. The van der Waals surface area contributed by atoms with E-state index in [1.165, 1.54) is 5.56 Å². The molecule has 1 fully saturated rings. The Labute approximate surface area is 180 Å². The van der Waals surface area contributed by atoms with Gasteiger partial charge in [-0.2, -0.15) is 0 Å². The minimum Gasteiger partial charge on any atom is -0.497 e. The van der Waals surface area contributed by atoms with Gasteiger partial charge in [-0.3, -0.25) is 4.79 Å². The van der Waals surface area contributed by atoms with Gasteiger partial charge >= 0.3 is 0 Å². The monoisotopic (exact) mass is 488 g/mol. The van der Waals surface area contributed by atoms with Crippen molar-refractivity contribution in [3.63, 3.8) is 0 Å². The zero-order chi connectivity index (χ0) is 18.9. The van der Waals surface area contributed by atoms with Crippen LogP contribution in [0.2, 0.25) is 0 Å². The Hall–Kier alpha value is -1.51. The van der Waals surface area contributed by atoms with Crippen molar-refractivity contribution >= 4 is 35.8 Å². The molecule has 1 aromatic rings. The van der Waals surface area contributed by atoms with Crippen LogP contribution in [0.25, 0.3) is 0 Å². The summed E-state index contributed by atoms with van der Waals surface area (Å²) >= 11 is 0. The van der Waals surface area contributed by atoms with Crippen molar-refractivity contribution in [2.75, 3.05) is 33.8 Å². The zero-order valence-corrected chi connectivity index (χ0v) is 19.2. The fourth-order valence-electron chi connectivity index (χ4n) is 3.34. The first kappa shape index (κ1) is 23.5. The number of ether oxygens (including phenoxy) is 1. The number of nitrogens with one attached hydrogen (secondary N) is 2. The first-order valence-electron chi connectivity index (χ1n) is 9.44. The molecule has 0 spiro atoms. The number of carbonyl (C=O) groups excluding carboxylic acids is 1. The van der Waals surface area contributed by atoms with Gasteiger partial charge < -0.3 is 20.3 Å². The smallest absolute Gasteiger partial charge is 0.220 e. The van der Waals surface area contributed by atoms with E-state index < -0.39 is 0 Å². The highest BCUT2D eigenvalue weighted by molar-refractivity contribution is 14.0. The molecule has 27 heavy (non-hydrogen) atoms. The largest absolute Gasteiger partial charge is 0.497 e. The van der Waals surface area contributed by atoms with Gasteiger partial charge in [0.2, 0.25) is 5.91 Å². The Kier molecular flexibility index (Phi) is 10.5. The summed E-state index contributed by atoms with van der Waals surface area (Å²) in [5.74, 6) is 2.43. The van der Waals surface area contributed by atoms with Crippen molar-refractivity contribution in [3.05, 3.63) is 29.3 Å². The Morgan fingerprint density at radius 3 is 2.59 bits per heavy atom. The molecular weight excluding hydrogens is 455 g/mol. The van der Waals surface area contributed by atoms with Gasteiger partial charge in [0.15, 0.2) is 5.96 Å². The maximum atomic E-state index is 11.6. The molecule has 1 aromatic carbocycles. The maximum absolute atomic E-state index is 11.6. The van der Waals surface area contributed by atoms with E-state index in [0.29, 0.717) is 18.9 Å². The van der Waals surface area contributed by atoms with Crippen LogP contribution in [-0.4, -0.2) is 50.6 Å². The van der Waals surface area contributed by atoms with Gasteiger partial charge in [-0.1, -0.05) is 6.07 Å². The fraction of sp³-hybridized carbons (Fsp3) is 0.600. The number of aliphatic imine (C=N–C) groups is 1. The number of guanidine groups is 1. The Morgan fingerprint density at radius 2 is 2.00 bits per heavy atom. The van der Waals surface area contributed by atoms with E-state index in [2.05, 4.69) is 35.4 Å². The van der Waals surface area contributed by atoms with Crippen molar-refractivity contribution < 1.29 is 9.53 Å². The number of halogens is 1. The van der Waals surface area contributed by atoms with E-state index >= 15 is 0 Å². The summed E-state index contributed by atoms with van der Waals surface area (Å²) in [6.45, 7) is 7.49. The second kappa shape index (κ2) is 12.0. The van der Waals surface area contributed by atoms with Gasteiger partial charge in [-0.25, -0.2) is 4.99 Å². The van der Waals surface area contributed by atoms with Crippen molar-refractivity contribution in [1.29, 1.82) is 0 Å². The van der Waals surface area contributed by atoms with Crippen LogP contribution in [0.5, 0.6) is 5.75 Å². The third-order valence-electron chi connectivity index (χ3n) is 4.76. The molecule has 6 nitrogen and oxygen atoms in total.